The van der Waals surface area contributed by atoms with Crippen LogP contribution in [0.4, 0.5) is 4.79 Å². The summed E-state index contributed by atoms with van der Waals surface area (Å²) in [5.74, 6) is -0.817. The third-order valence-electron chi connectivity index (χ3n) is 3.73. The Kier molecular flexibility index (Phi) is 3.75. The van der Waals surface area contributed by atoms with E-state index in [1.807, 2.05) is 6.92 Å². The van der Waals surface area contributed by atoms with Crippen molar-refractivity contribution in [3.05, 3.63) is 0 Å². The molecule has 102 valence electrons. The molecule has 0 aliphatic heterocycles. The normalized spacial score (nSPS) is 28.1. The van der Waals surface area contributed by atoms with Gasteiger partial charge in [-0.25, -0.2) is 4.79 Å². The van der Waals surface area contributed by atoms with Crippen LogP contribution >= 0.6 is 0 Å². The summed E-state index contributed by atoms with van der Waals surface area (Å²) >= 11 is 0. The molecule has 0 aromatic rings. The van der Waals surface area contributed by atoms with Crippen molar-refractivity contribution in [1.29, 1.82) is 0 Å². The maximum absolute atomic E-state index is 11.6. The third kappa shape index (κ3) is 2.93. The topological polar surface area (TPSA) is 87.7 Å². The molecule has 0 bridgehead atoms. The highest BCUT2D eigenvalue weighted by molar-refractivity contribution is 5.80. The fourth-order valence-electron chi connectivity index (χ4n) is 2.16. The van der Waals surface area contributed by atoms with Gasteiger partial charge in [-0.1, -0.05) is 0 Å². The van der Waals surface area contributed by atoms with E-state index in [4.69, 9.17) is 9.84 Å². The van der Waals surface area contributed by atoms with E-state index in [9.17, 15) is 9.59 Å². The molecule has 2 saturated carbocycles. The van der Waals surface area contributed by atoms with Gasteiger partial charge in [0.05, 0.1) is 11.5 Å². The van der Waals surface area contributed by atoms with Crippen LogP contribution in [0.3, 0.4) is 0 Å². The molecule has 2 amide bonds. The van der Waals surface area contributed by atoms with Crippen molar-refractivity contribution in [2.75, 3.05) is 13.2 Å². The fourth-order valence-corrected chi connectivity index (χ4v) is 2.16. The van der Waals surface area contributed by atoms with Crippen molar-refractivity contribution in [3.8, 4) is 0 Å². The average molecular weight is 256 g/mol. The van der Waals surface area contributed by atoms with Crippen molar-refractivity contribution in [3.63, 3.8) is 0 Å². The molecule has 0 saturated heterocycles. The van der Waals surface area contributed by atoms with Gasteiger partial charge in [0.25, 0.3) is 0 Å². The lowest BCUT2D eigenvalue weighted by Gasteiger charge is -2.35. The summed E-state index contributed by atoms with van der Waals surface area (Å²) in [5, 5.41) is 14.4. The van der Waals surface area contributed by atoms with Crippen LogP contribution in [0.2, 0.25) is 0 Å². The van der Waals surface area contributed by atoms with Gasteiger partial charge in [-0.3, -0.25) is 4.79 Å². The Morgan fingerprint density at radius 2 is 2.06 bits per heavy atom. The second kappa shape index (κ2) is 5.14. The lowest BCUT2D eigenvalue weighted by molar-refractivity contribution is -0.143. The number of amides is 2. The minimum absolute atomic E-state index is 0.154. The average Bonchev–Trinajstić information content (AvgIpc) is 3.04. The highest BCUT2D eigenvalue weighted by atomic mass is 16.5. The molecule has 2 fully saturated rings. The summed E-state index contributed by atoms with van der Waals surface area (Å²) < 4.78 is 5.40. The van der Waals surface area contributed by atoms with E-state index in [1.54, 1.807) is 0 Å². The van der Waals surface area contributed by atoms with Gasteiger partial charge in [-0.2, -0.15) is 0 Å². The number of rotatable bonds is 6. The minimum Gasteiger partial charge on any atom is -0.481 e. The Hall–Kier alpha value is -1.30. The summed E-state index contributed by atoms with van der Waals surface area (Å²) in [6.45, 7) is 2.87. The molecule has 0 aromatic carbocycles. The SMILES string of the molecule is CCOC1CC(NC(=O)NCC2(C(=O)O)CC2)C1. The van der Waals surface area contributed by atoms with E-state index >= 15 is 0 Å². The van der Waals surface area contributed by atoms with E-state index in [-0.39, 0.29) is 24.7 Å². The number of aliphatic carboxylic acids is 1. The largest absolute Gasteiger partial charge is 0.481 e. The van der Waals surface area contributed by atoms with Gasteiger partial charge in [0, 0.05) is 19.2 Å². The molecule has 6 heteroatoms. The summed E-state index contributed by atoms with van der Waals surface area (Å²) in [6.07, 6.45) is 3.24. The summed E-state index contributed by atoms with van der Waals surface area (Å²) in [4.78, 5) is 22.5. The molecular formula is C12H20N2O4. The van der Waals surface area contributed by atoms with Crippen LogP contribution in [0.1, 0.15) is 32.6 Å². The van der Waals surface area contributed by atoms with Crippen molar-refractivity contribution >= 4 is 12.0 Å². The lowest BCUT2D eigenvalue weighted by Crippen LogP contribution is -2.51. The number of carboxylic acid groups (broad SMARTS) is 1. The van der Waals surface area contributed by atoms with Gasteiger partial charge in [0.1, 0.15) is 0 Å². The maximum Gasteiger partial charge on any atom is 0.315 e. The Morgan fingerprint density at radius 3 is 2.56 bits per heavy atom. The monoisotopic (exact) mass is 256 g/mol. The molecule has 2 aliphatic carbocycles. The number of carbonyl (C=O) groups excluding carboxylic acids is 1. The smallest absolute Gasteiger partial charge is 0.315 e. The van der Waals surface area contributed by atoms with Gasteiger partial charge in [0.2, 0.25) is 0 Å². The fraction of sp³-hybridized carbons (Fsp3) is 0.833. The quantitative estimate of drug-likeness (QED) is 0.653. The molecular weight excluding hydrogens is 236 g/mol. The molecule has 6 nitrogen and oxygen atoms in total. The van der Waals surface area contributed by atoms with E-state index < -0.39 is 11.4 Å². The first-order valence-electron chi connectivity index (χ1n) is 6.45. The number of hydrogen-bond donors (Lipinski definition) is 3. The highest BCUT2D eigenvalue weighted by Crippen LogP contribution is 2.45. The molecule has 0 radical (unpaired) electrons. The second-order valence-corrected chi connectivity index (χ2v) is 5.16. The number of hydrogen-bond acceptors (Lipinski definition) is 3. The molecule has 2 rings (SSSR count). The third-order valence-corrected chi connectivity index (χ3v) is 3.73. The molecule has 0 unspecified atom stereocenters. The van der Waals surface area contributed by atoms with Crippen LogP contribution in [-0.2, 0) is 9.53 Å². The van der Waals surface area contributed by atoms with Crippen LogP contribution in [0.25, 0.3) is 0 Å². The standard InChI is InChI=1S/C12H20N2O4/c1-2-18-9-5-8(6-9)14-11(17)13-7-12(3-4-12)10(15)16/h8-9H,2-7H2,1H3,(H,15,16)(H2,13,14,17). The van der Waals surface area contributed by atoms with Crippen molar-refractivity contribution < 1.29 is 19.4 Å². The zero-order chi connectivity index (χ0) is 13.2. The van der Waals surface area contributed by atoms with E-state index in [1.165, 1.54) is 0 Å². The first-order valence-corrected chi connectivity index (χ1v) is 6.45. The van der Waals surface area contributed by atoms with Crippen LogP contribution in [0.15, 0.2) is 0 Å². The van der Waals surface area contributed by atoms with E-state index in [0.717, 1.165) is 12.8 Å². The van der Waals surface area contributed by atoms with Gasteiger partial charge < -0.3 is 20.5 Å². The van der Waals surface area contributed by atoms with Gasteiger partial charge in [-0.15, -0.1) is 0 Å². The molecule has 18 heavy (non-hydrogen) atoms. The minimum atomic E-state index is -0.817. The van der Waals surface area contributed by atoms with E-state index in [0.29, 0.717) is 19.4 Å². The molecule has 0 atom stereocenters. The van der Waals surface area contributed by atoms with Crippen LogP contribution in [-0.4, -0.2) is 42.4 Å². The number of carbonyl (C=O) groups is 2. The first-order chi connectivity index (χ1) is 8.55. The second-order valence-electron chi connectivity index (χ2n) is 5.16. The highest BCUT2D eigenvalue weighted by Gasteiger charge is 2.50. The predicted octanol–water partition coefficient (Wildman–Crippen LogP) is 0.718. The van der Waals surface area contributed by atoms with Crippen LogP contribution in [0.5, 0.6) is 0 Å². The summed E-state index contributed by atoms with van der Waals surface area (Å²) in [7, 11) is 0. The number of urea groups is 1. The van der Waals surface area contributed by atoms with Crippen molar-refractivity contribution in [2.45, 2.75) is 44.8 Å². The van der Waals surface area contributed by atoms with Gasteiger partial charge in [0.15, 0.2) is 0 Å². The first kappa shape index (κ1) is 13.1. The molecule has 2 aliphatic rings. The molecule has 0 spiro atoms. The van der Waals surface area contributed by atoms with Gasteiger partial charge >= 0.3 is 12.0 Å². The zero-order valence-electron chi connectivity index (χ0n) is 10.6. The summed E-state index contributed by atoms with van der Waals surface area (Å²) in [6, 6.07) is -0.121. The van der Waals surface area contributed by atoms with Gasteiger partial charge in [-0.05, 0) is 32.6 Å². The van der Waals surface area contributed by atoms with Crippen LogP contribution in [0, 0.1) is 5.41 Å². The van der Waals surface area contributed by atoms with Crippen molar-refractivity contribution in [1.82, 2.24) is 10.6 Å². The van der Waals surface area contributed by atoms with E-state index in [2.05, 4.69) is 10.6 Å². The van der Waals surface area contributed by atoms with Crippen LogP contribution < -0.4 is 10.6 Å². The Labute approximate surface area is 106 Å². The predicted molar refractivity (Wildman–Crippen MR) is 64.3 cm³/mol. The Balaban J connectivity index is 1.61. The lowest BCUT2D eigenvalue weighted by atomic mass is 9.89. The van der Waals surface area contributed by atoms with Crippen molar-refractivity contribution in [2.24, 2.45) is 5.41 Å². The number of carboxylic acids is 1. The molecule has 0 heterocycles. The number of ether oxygens (including phenoxy) is 1. The Morgan fingerprint density at radius 1 is 1.39 bits per heavy atom. The molecule has 0 aromatic heterocycles. The number of nitrogens with one attached hydrogen (secondary N) is 2. The summed E-state index contributed by atoms with van der Waals surface area (Å²) in [5.41, 5.74) is -0.704. The maximum atomic E-state index is 11.6. The Bertz CT molecular complexity index is 335. The zero-order valence-corrected chi connectivity index (χ0v) is 10.6. The molecule has 3 N–H and O–H groups in total.